The zero-order chi connectivity index (χ0) is 23.7. The van der Waals surface area contributed by atoms with Crippen LogP contribution in [0, 0.1) is 0 Å². The third-order valence-corrected chi connectivity index (χ3v) is 5.39. The van der Waals surface area contributed by atoms with Gasteiger partial charge in [0.2, 0.25) is 5.91 Å². The Kier molecular flexibility index (Phi) is 5.38. The number of aromatic nitrogens is 5. The molecule has 12 heteroatoms. The number of anilines is 3. The molecule has 0 unspecified atom stereocenters. The maximum atomic E-state index is 13.0. The zero-order valence-corrected chi connectivity index (χ0v) is 18.2. The highest BCUT2D eigenvalue weighted by molar-refractivity contribution is 5.95. The topological polar surface area (TPSA) is 139 Å². The first-order valence-corrected chi connectivity index (χ1v) is 10.6. The van der Waals surface area contributed by atoms with E-state index in [1.807, 2.05) is 0 Å². The number of carbonyl (C=O) groups is 2. The number of nitrogens with one attached hydrogen (secondary N) is 3. The van der Waals surface area contributed by atoms with Crippen molar-refractivity contribution in [2.45, 2.75) is 12.8 Å². The van der Waals surface area contributed by atoms with Gasteiger partial charge < -0.3 is 10.6 Å². The maximum absolute atomic E-state index is 13.0. The first kappa shape index (κ1) is 21.1. The SMILES string of the molecule is CNc1cc(Nc2cccn(-c3ccccn3)c2=O)nn2c(C(=O)NN3CCCC3=O)cnc12. The molecule has 5 heterocycles. The third-order valence-electron chi connectivity index (χ3n) is 5.39. The summed E-state index contributed by atoms with van der Waals surface area (Å²) in [6.45, 7) is 0.458. The van der Waals surface area contributed by atoms with Gasteiger partial charge in [-0.3, -0.25) is 29.4 Å². The van der Waals surface area contributed by atoms with E-state index in [4.69, 9.17) is 0 Å². The van der Waals surface area contributed by atoms with E-state index in [0.29, 0.717) is 42.4 Å². The van der Waals surface area contributed by atoms with Crippen molar-refractivity contribution >= 4 is 34.7 Å². The standard InChI is InChI=1S/C22H21N9O3/c1-23-15-12-17(26-14-6-4-10-29(22(14)34)18-7-2-3-9-24-18)27-31-16(13-25-20(15)31)21(33)28-30-11-5-8-19(30)32/h2-4,6-7,9-10,12-13,23H,5,8,11H2,1H3,(H,26,27)(H,28,33). The number of amides is 2. The quantitative estimate of drug-likeness (QED) is 0.393. The molecule has 0 spiro atoms. The van der Waals surface area contributed by atoms with Crippen LogP contribution in [-0.2, 0) is 4.79 Å². The molecule has 3 N–H and O–H groups in total. The van der Waals surface area contributed by atoms with E-state index < -0.39 is 5.91 Å². The van der Waals surface area contributed by atoms with Gasteiger partial charge in [0.25, 0.3) is 11.5 Å². The molecule has 2 amide bonds. The molecule has 0 atom stereocenters. The number of pyridine rings is 2. The molecule has 1 aliphatic rings. The van der Waals surface area contributed by atoms with Crippen LogP contribution in [0.4, 0.5) is 17.2 Å². The van der Waals surface area contributed by atoms with Gasteiger partial charge in [-0.25, -0.2) is 14.5 Å². The molecule has 1 fully saturated rings. The largest absolute Gasteiger partial charge is 0.385 e. The van der Waals surface area contributed by atoms with Gasteiger partial charge in [-0.1, -0.05) is 6.07 Å². The minimum absolute atomic E-state index is 0.137. The highest BCUT2D eigenvalue weighted by Crippen LogP contribution is 2.22. The minimum atomic E-state index is -0.508. The van der Waals surface area contributed by atoms with Crippen LogP contribution in [0.2, 0.25) is 0 Å². The lowest BCUT2D eigenvalue weighted by molar-refractivity contribution is -0.129. The lowest BCUT2D eigenvalue weighted by Crippen LogP contribution is -2.43. The van der Waals surface area contributed by atoms with Crippen molar-refractivity contribution in [2.24, 2.45) is 0 Å². The van der Waals surface area contributed by atoms with Crippen molar-refractivity contribution in [3.63, 3.8) is 0 Å². The van der Waals surface area contributed by atoms with Gasteiger partial charge in [-0.05, 0) is 30.7 Å². The summed E-state index contributed by atoms with van der Waals surface area (Å²) >= 11 is 0. The fourth-order valence-corrected chi connectivity index (χ4v) is 3.72. The Morgan fingerprint density at radius 2 is 1.97 bits per heavy atom. The van der Waals surface area contributed by atoms with Crippen molar-refractivity contribution in [1.29, 1.82) is 0 Å². The molecule has 34 heavy (non-hydrogen) atoms. The van der Waals surface area contributed by atoms with E-state index >= 15 is 0 Å². The molecule has 172 valence electrons. The number of rotatable bonds is 6. The molecule has 0 radical (unpaired) electrons. The molecular formula is C22H21N9O3. The minimum Gasteiger partial charge on any atom is -0.385 e. The summed E-state index contributed by atoms with van der Waals surface area (Å²) in [7, 11) is 1.72. The Morgan fingerprint density at radius 3 is 2.71 bits per heavy atom. The Hall–Kier alpha value is -4.74. The summed E-state index contributed by atoms with van der Waals surface area (Å²) in [6, 6.07) is 10.3. The Balaban J connectivity index is 1.50. The number of imidazole rings is 1. The number of hydrazine groups is 1. The van der Waals surface area contributed by atoms with Crippen LogP contribution < -0.4 is 21.6 Å². The zero-order valence-electron chi connectivity index (χ0n) is 18.2. The third kappa shape index (κ3) is 3.81. The highest BCUT2D eigenvalue weighted by atomic mass is 16.2. The molecule has 0 bridgehead atoms. The van der Waals surface area contributed by atoms with Crippen molar-refractivity contribution in [1.82, 2.24) is 34.6 Å². The van der Waals surface area contributed by atoms with E-state index in [2.05, 4.69) is 31.1 Å². The summed E-state index contributed by atoms with van der Waals surface area (Å²) in [6.07, 6.45) is 5.72. The van der Waals surface area contributed by atoms with E-state index in [9.17, 15) is 14.4 Å². The van der Waals surface area contributed by atoms with Crippen LogP contribution in [-0.4, -0.2) is 54.6 Å². The monoisotopic (exact) mass is 459 g/mol. The molecule has 4 aromatic heterocycles. The average Bonchev–Trinajstić information content (AvgIpc) is 3.46. The molecule has 0 aliphatic carbocycles. The van der Waals surface area contributed by atoms with E-state index in [-0.39, 0.29) is 22.8 Å². The predicted molar refractivity (Wildman–Crippen MR) is 124 cm³/mol. The first-order valence-electron chi connectivity index (χ1n) is 10.6. The predicted octanol–water partition coefficient (Wildman–Crippen LogP) is 1.33. The second-order valence-corrected chi connectivity index (χ2v) is 7.57. The number of nitrogens with zero attached hydrogens (tertiary/aromatic N) is 6. The molecule has 1 aliphatic heterocycles. The molecular weight excluding hydrogens is 438 g/mol. The van der Waals surface area contributed by atoms with Crippen molar-refractivity contribution in [3.8, 4) is 5.82 Å². The van der Waals surface area contributed by atoms with Crippen LogP contribution in [0.5, 0.6) is 0 Å². The lowest BCUT2D eigenvalue weighted by atomic mass is 10.3. The Labute approximate surface area is 193 Å². The Morgan fingerprint density at radius 1 is 1.09 bits per heavy atom. The van der Waals surface area contributed by atoms with Gasteiger partial charge in [0.05, 0.1) is 11.9 Å². The average molecular weight is 459 g/mol. The summed E-state index contributed by atoms with van der Waals surface area (Å²) in [5.74, 6) is 0.158. The molecule has 1 saturated heterocycles. The normalized spacial score (nSPS) is 13.3. The summed E-state index contributed by atoms with van der Waals surface area (Å²) in [4.78, 5) is 46.3. The van der Waals surface area contributed by atoms with Crippen LogP contribution in [0.25, 0.3) is 11.5 Å². The van der Waals surface area contributed by atoms with Gasteiger partial charge in [-0.2, -0.15) is 0 Å². The molecule has 4 aromatic rings. The second-order valence-electron chi connectivity index (χ2n) is 7.57. The van der Waals surface area contributed by atoms with Crippen LogP contribution >= 0.6 is 0 Å². The smallest absolute Gasteiger partial charge is 0.290 e. The molecule has 0 saturated carbocycles. The lowest BCUT2D eigenvalue weighted by Gasteiger charge is -2.16. The molecule has 0 aromatic carbocycles. The van der Waals surface area contributed by atoms with E-state index in [1.165, 1.54) is 20.3 Å². The van der Waals surface area contributed by atoms with Crippen LogP contribution in [0.1, 0.15) is 23.3 Å². The highest BCUT2D eigenvalue weighted by Gasteiger charge is 2.24. The fraction of sp³-hybridized carbons (Fsp3) is 0.182. The van der Waals surface area contributed by atoms with E-state index in [0.717, 1.165) is 0 Å². The van der Waals surface area contributed by atoms with Gasteiger partial charge in [0, 0.05) is 38.5 Å². The van der Waals surface area contributed by atoms with Crippen LogP contribution in [0.15, 0.2) is 59.8 Å². The van der Waals surface area contributed by atoms with Crippen molar-refractivity contribution < 1.29 is 9.59 Å². The molecule has 5 rings (SSSR count). The van der Waals surface area contributed by atoms with Crippen molar-refractivity contribution in [2.75, 3.05) is 24.2 Å². The number of hydrogen-bond donors (Lipinski definition) is 3. The molecule has 12 nitrogen and oxygen atoms in total. The van der Waals surface area contributed by atoms with Gasteiger partial charge in [0.1, 0.15) is 11.5 Å². The number of carbonyl (C=O) groups excluding carboxylic acids is 2. The van der Waals surface area contributed by atoms with E-state index in [1.54, 1.807) is 55.8 Å². The second kappa shape index (κ2) is 8.65. The Bertz CT molecular complexity index is 1450. The summed E-state index contributed by atoms with van der Waals surface area (Å²) in [5.41, 5.74) is 3.73. The van der Waals surface area contributed by atoms with Gasteiger partial charge in [0.15, 0.2) is 17.2 Å². The van der Waals surface area contributed by atoms with Crippen LogP contribution in [0.3, 0.4) is 0 Å². The maximum Gasteiger partial charge on any atom is 0.290 e. The number of hydrogen-bond acceptors (Lipinski definition) is 8. The fourth-order valence-electron chi connectivity index (χ4n) is 3.72. The van der Waals surface area contributed by atoms with Gasteiger partial charge >= 0.3 is 0 Å². The van der Waals surface area contributed by atoms with Crippen molar-refractivity contribution in [3.05, 3.63) is 71.0 Å². The summed E-state index contributed by atoms with van der Waals surface area (Å²) < 4.78 is 2.78. The van der Waals surface area contributed by atoms with Gasteiger partial charge in [-0.15, -0.1) is 5.10 Å². The number of fused-ring (bicyclic) bond motifs is 1. The first-order chi connectivity index (χ1) is 16.5. The summed E-state index contributed by atoms with van der Waals surface area (Å²) in [5, 5.41) is 11.8.